The lowest BCUT2D eigenvalue weighted by Crippen LogP contribution is -2.39. The average Bonchev–Trinajstić information content (AvgIpc) is 2.76. The second kappa shape index (κ2) is 8.53. The van der Waals surface area contributed by atoms with Crippen LogP contribution < -0.4 is 0 Å². The van der Waals surface area contributed by atoms with E-state index < -0.39 is 0 Å². The Morgan fingerprint density at radius 2 is 1.89 bits per heavy atom. The van der Waals surface area contributed by atoms with Crippen molar-refractivity contribution in [3.05, 3.63) is 94.5 Å². The third-order valence-electron chi connectivity index (χ3n) is 5.21. The number of rotatable bonds is 4. The van der Waals surface area contributed by atoms with Crippen molar-refractivity contribution in [3.63, 3.8) is 0 Å². The summed E-state index contributed by atoms with van der Waals surface area (Å²) in [5.41, 5.74) is 3.82. The van der Waals surface area contributed by atoms with Crippen LogP contribution in [0.4, 0.5) is 0 Å². The lowest BCUT2D eigenvalue weighted by atomic mass is 9.93. The topological polar surface area (TPSA) is 46.1 Å². The van der Waals surface area contributed by atoms with Crippen molar-refractivity contribution in [2.45, 2.75) is 25.2 Å². The van der Waals surface area contributed by atoms with Gasteiger partial charge in [0.1, 0.15) is 0 Å². The lowest BCUT2D eigenvalue weighted by molar-refractivity contribution is 0.0705. The van der Waals surface area contributed by atoms with Crippen molar-refractivity contribution in [3.8, 4) is 0 Å². The van der Waals surface area contributed by atoms with Crippen molar-refractivity contribution in [1.82, 2.24) is 14.9 Å². The van der Waals surface area contributed by atoms with Crippen molar-refractivity contribution >= 4 is 17.5 Å². The number of carbonyl (C=O) groups excluding carboxylic acids is 1. The van der Waals surface area contributed by atoms with E-state index in [2.05, 4.69) is 17.1 Å². The van der Waals surface area contributed by atoms with E-state index in [1.54, 1.807) is 24.5 Å². The Kier molecular flexibility index (Phi) is 5.68. The molecule has 3 heterocycles. The van der Waals surface area contributed by atoms with E-state index in [-0.39, 0.29) is 11.8 Å². The number of likely N-dealkylation sites (tertiary alicyclic amines) is 1. The van der Waals surface area contributed by atoms with Gasteiger partial charge in [-0.2, -0.15) is 0 Å². The first kappa shape index (κ1) is 18.6. The largest absolute Gasteiger partial charge is 0.338 e. The van der Waals surface area contributed by atoms with Crippen LogP contribution in [0.2, 0.25) is 5.02 Å². The molecule has 1 amide bonds. The molecule has 1 fully saturated rings. The maximum atomic E-state index is 12.8. The van der Waals surface area contributed by atoms with E-state index in [1.807, 2.05) is 35.2 Å². The molecule has 1 aliphatic heterocycles. The minimum atomic E-state index is 0.0688. The fourth-order valence-electron chi connectivity index (χ4n) is 3.74. The predicted octanol–water partition coefficient (Wildman–Crippen LogP) is 4.74. The normalized spacial score (nSPS) is 16.8. The molecule has 2 aromatic heterocycles. The van der Waals surface area contributed by atoms with Crippen LogP contribution in [0, 0.1) is 0 Å². The van der Waals surface area contributed by atoms with E-state index in [1.165, 1.54) is 0 Å². The molecule has 0 radical (unpaired) electrons. The summed E-state index contributed by atoms with van der Waals surface area (Å²) >= 11 is 6.30. The lowest BCUT2D eigenvalue weighted by Gasteiger charge is -2.32. The highest BCUT2D eigenvalue weighted by atomic mass is 35.5. The molecule has 4 nitrogen and oxygen atoms in total. The van der Waals surface area contributed by atoms with Crippen LogP contribution >= 0.6 is 11.6 Å². The van der Waals surface area contributed by atoms with E-state index in [0.29, 0.717) is 18.5 Å². The Balaban J connectivity index is 1.49. The zero-order valence-electron chi connectivity index (χ0n) is 15.6. The van der Waals surface area contributed by atoms with Gasteiger partial charge in [0.2, 0.25) is 0 Å². The highest BCUT2D eigenvalue weighted by Gasteiger charge is 2.26. The Labute approximate surface area is 170 Å². The molecule has 0 saturated carbocycles. The van der Waals surface area contributed by atoms with E-state index in [4.69, 9.17) is 16.6 Å². The number of halogens is 1. The molecule has 1 atom stereocenters. The first-order chi connectivity index (χ1) is 13.7. The van der Waals surface area contributed by atoms with Crippen LogP contribution in [0.3, 0.4) is 0 Å². The number of carbonyl (C=O) groups is 1. The quantitative estimate of drug-likeness (QED) is 0.645. The number of amides is 1. The zero-order chi connectivity index (χ0) is 19.3. The van der Waals surface area contributed by atoms with Gasteiger partial charge in [-0.15, -0.1) is 0 Å². The van der Waals surface area contributed by atoms with Crippen LogP contribution in [0.5, 0.6) is 0 Å². The van der Waals surface area contributed by atoms with Crippen LogP contribution in [-0.4, -0.2) is 33.9 Å². The monoisotopic (exact) mass is 391 g/mol. The molecular formula is C23H22ClN3O. The first-order valence-corrected chi connectivity index (χ1v) is 9.97. The fourth-order valence-corrected chi connectivity index (χ4v) is 3.94. The van der Waals surface area contributed by atoms with Crippen LogP contribution in [-0.2, 0) is 6.42 Å². The maximum absolute atomic E-state index is 12.8. The SMILES string of the molecule is O=C(c1ccncc1)N1CCC[C@H](c2cccc(Cc3ccccc3Cl)n2)C1. The van der Waals surface area contributed by atoms with Crippen molar-refractivity contribution in [2.24, 2.45) is 0 Å². The molecule has 1 saturated heterocycles. The van der Waals surface area contributed by atoms with Crippen molar-refractivity contribution < 1.29 is 4.79 Å². The van der Waals surface area contributed by atoms with Crippen LogP contribution in [0.15, 0.2) is 67.0 Å². The molecular weight excluding hydrogens is 370 g/mol. The maximum Gasteiger partial charge on any atom is 0.253 e. The number of piperidine rings is 1. The van der Waals surface area contributed by atoms with Gasteiger partial charge in [-0.25, -0.2) is 0 Å². The number of nitrogens with zero attached hydrogens (tertiary/aromatic N) is 3. The Hall–Kier alpha value is -2.72. The summed E-state index contributed by atoms with van der Waals surface area (Å²) in [6.45, 7) is 1.49. The minimum absolute atomic E-state index is 0.0688. The van der Waals surface area contributed by atoms with Gasteiger partial charge in [0, 0.05) is 59.8 Å². The Bertz CT molecular complexity index is 961. The summed E-state index contributed by atoms with van der Waals surface area (Å²) in [6.07, 6.45) is 6.06. The summed E-state index contributed by atoms with van der Waals surface area (Å²) in [6, 6.07) is 17.6. The zero-order valence-corrected chi connectivity index (χ0v) is 16.3. The molecule has 1 aliphatic rings. The number of pyridine rings is 2. The predicted molar refractivity (Wildman–Crippen MR) is 111 cm³/mol. The third-order valence-corrected chi connectivity index (χ3v) is 5.58. The van der Waals surface area contributed by atoms with Gasteiger partial charge in [0.25, 0.3) is 5.91 Å². The van der Waals surface area contributed by atoms with Crippen LogP contribution in [0.25, 0.3) is 0 Å². The molecule has 0 N–H and O–H groups in total. The van der Waals surface area contributed by atoms with E-state index in [0.717, 1.165) is 41.4 Å². The van der Waals surface area contributed by atoms with Gasteiger partial charge < -0.3 is 4.90 Å². The minimum Gasteiger partial charge on any atom is -0.338 e. The molecule has 1 aromatic carbocycles. The summed E-state index contributed by atoms with van der Waals surface area (Å²) < 4.78 is 0. The summed E-state index contributed by atoms with van der Waals surface area (Å²) in [7, 11) is 0. The second-order valence-corrected chi connectivity index (χ2v) is 7.56. The highest BCUT2D eigenvalue weighted by Crippen LogP contribution is 2.27. The summed E-state index contributed by atoms with van der Waals surface area (Å²) in [5, 5.41) is 0.765. The molecule has 5 heteroatoms. The standard InChI is InChI=1S/C23H22ClN3O/c24-21-8-2-1-5-18(21)15-20-7-3-9-22(26-20)19-6-4-14-27(16-19)23(28)17-10-12-25-13-11-17/h1-3,5,7-13,19H,4,6,14-16H2/t19-/m0/s1. The molecule has 3 aromatic rings. The van der Waals surface area contributed by atoms with Crippen molar-refractivity contribution in [2.75, 3.05) is 13.1 Å². The molecule has 142 valence electrons. The highest BCUT2D eigenvalue weighted by molar-refractivity contribution is 6.31. The molecule has 0 aliphatic carbocycles. The number of benzene rings is 1. The first-order valence-electron chi connectivity index (χ1n) is 9.59. The van der Waals surface area contributed by atoms with Gasteiger partial charge in [0.05, 0.1) is 0 Å². The Morgan fingerprint density at radius 1 is 1.07 bits per heavy atom. The van der Waals surface area contributed by atoms with Gasteiger partial charge >= 0.3 is 0 Å². The fraction of sp³-hybridized carbons (Fsp3) is 0.261. The van der Waals surface area contributed by atoms with Crippen LogP contribution in [0.1, 0.15) is 46.1 Å². The third kappa shape index (κ3) is 4.23. The van der Waals surface area contributed by atoms with Gasteiger partial charge in [-0.1, -0.05) is 35.9 Å². The molecule has 0 spiro atoms. The molecule has 0 unspecified atom stereocenters. The number of hydrogen-bond acceptors (Lipinski definition) is 3. The van der Waals surface area contributed by atoms with E-state index in [9.17, 15) is 4.79 Å². The van der Waals surface area contributed by atoms with Gasteiger partial charge in [-0.05, 0) is 48.7 Å². The van der Waals surface area contributed by atoms with Gasteiger partial charge in [0.15, 0.2) is 0 Å². The average molecular weight is 392 g/mol. The molecule has 28 heavy (non-hydrogen) atoms. The van der Waals surface area contributed by atoms with Gasteiger partial charge in [-0.3, -0.25) is 14.8 Å². The number of aromatic nitrogens is 2. The summed E-state index contributed by atoms with van der Waals surface area (Å²) in [5.74, 6) is 0.324. The molecule has 4 rings (SSSR count). The smallest absolute Gasteiger partial charge is 0.253 e. The Morgan fingerprint density at radius 3 is 2.71 bits per heavy atom. The number of hydrogen-bond donors (Lipinski definition) is 0. The summed E-state index contributed by atoms with van der Waals surface area (Å²) in [4.78, 5) is 23.6. The van der Waals surface area contributed by atoms with Crippen molar-refractivity contribution in [1.29, 1.82) is 0 Å². The van der Waals surface area contributed by atoms with E-state index >= 15 is 0 Å². The second-order valence-electron chi connectivity index (χ2n) is 7.15. The molecule has 0 bridgehead atoms.